The summed E-state index contributed by atoms with van der Waals surface area (Å²) in [5.74, 6) is 0.722. The van der Waals surface area contributed by atoms with Crippen molar-refractivity contribution < 1.29 is 5.11 Å². The van der Waals surface area contributed by atoms with Crippen LogP contribution in [0.4, 0.5) is 0 Å². The zero-order chi connectivity index (χ0) is 9.10. The van der Waals surface area contributed by atoms with Crippen molar-refractivity contribution in [2.24, 2.45) is 0 Å². The quantitative estimate of drug-likeness (QED) is 0.751. The van der Waals surface area contributed by atoms with Gasteiger partial charge in [-0.3, -0.25) is 4.98 Å². The Kier molecular flexibility index (Phi) is 2.60. The van der Waals surface area contributed by atoms with E-state index in [0.717, 1.165) is 11.6 Å². The smallest absolute Gasteiger partial charge is 0.0852 e. The minimum Gasteiger partial charge on any atom is -0.390 e. The van der Waals surface area contributed by atoms with Gasteiger partial charge in [-0.25, -0.2) is 0 Å². The second-order valence-corrected chi connectivity index (χ2v) is 3.72. The van der Waals surface area contributed by atoms with Gasteiger partial charge in [0.1, 0.15) is 0 Å². The first-order chi connectivity index (χ1) is 6.40. The maximum Gasteiger partial charge on any atom is 0.0852 e. The van der Waals surface area contributed by atoms with Crippen molar-refractivity contribution in [2.75, 3.05) is 0 Å². The van der Waals surface area contributed by atoms with Crippen LogP contribution >= 0.6 is 0 Å². The molecule has 2 nitrogen and oxygen atoms in total. The standard InChI is InChI=1S/C11H15NO/c13-8-11-6-5-10(7-12-11)9-3-1-2-4-9/h5-7,9,13H,1-4,8H2. The number of pyridine rings is 1. The predicted octanol–water partition coefficient (Wildman–Crippen LogP) is 2.23. The third-order valence-corrected chi connectivity index (χ3v) is 2.84. The van der Waals surface area contributed by atoms with Gasteiger partial charge in [-0.2, -0.15) is 0 Å². The predicted molar refractivity (Wildman–Crippen MR) is 51.4 cm³/mol. The van der Waals surface area contributed by atoms with Crippen molar-refractivity contribution in [3.63, 3.8) is 0 Å². The molecule has 0 saturated heterocycles. The second-order valence-electron chi connectivity index (χ2n) is 3.72. The maximum absolute atomic E-state index is 8.83. The fourth-order valence-corrected chi connectivity index (χ4v) is 2.03. The summed E-state index contributed by atoms with van der Waals surface area (Å²) in [6.07, 6.45) is 7.24. The summed E-state index contributed by atoms with van der Waals surface area (Å²) in [6, 6.07) is 4.03. The normalized spacial score (nSPS) is 17.9. The van der Waals surface area contributed by atoms with Crippen LogP contribution < -0.4 is 0 Å². The molecule has 0 aromatic carbocycles. The molecule has 0 atom stereocenters. The summed E-state index contributed by atoms with van der Waals surface area (Å²) in [5, 5.41) is 8.83. The second kappa shape index (κ2) is 3.88. The molecule has 1 saturated carbocycles. The zero-order valence-electron chi connectivity index (χ0n) is 7.74. The van der Waals surface area contributed by atoms with Crippen LogP contribution in [0.25, 0.3) is 0 Å². The topological polar surface area (TPSA) is 33.1 Å². The van der Waals surface area contributed by atoms with Crippen LogP contribution in [-0.2, 0) is 6.61 Å². The van der Waals surface area contributed by atoms with Gasteiger partial charge in [-0.15, -0.1) is 0 Å². The first kappa shape index (κ1) is 8.70. The van der Waals surface area contributed by atoms with Crippen molar-refractivity contribution in [3.05, 3.63) is 29.6 Å². The molecule has 1 aromatic rings. The molecule has 0 spiro atoms. The molecule has 70 valence electrons. The molecule has 1 aromatic heterocycles. The van der Waals surface area contributed by atoms with Crippen LogP contribution in [-0.4, -0.2) is 10.1 Å². The Morgan fingerprint density at radius 1 is 1.31 bits per heavy atom. The van der Waals surface area contributed by atoms with E-state index in [-0.39, 0.29) is 6.61 Å². The molecular weight excluding hydrogens is 162 g/mol. The van der Waals surface area contributed by atoms with Crippen LogP contribution in [0.15, 0.2) is 18.3 Å². The average Bonchev–Trinajstić information content (AvgIpc) is 2.71. The highest BCUT2D eigenvalue weighted by atomic mass is 16.3. The Labute approximate surface area is 78.6 Å². The van der Waals surface area contributed by atoms with Crippen molar-refractivity contribution in [1.82, 2.24) is 4.98 Å². The summed E-state index contributed by atoms with van der Waals surface area (Å²) < 4.78 is 0. The highest BCUT2D eigenvalue weighted by Gasteiger charge is 2.16. The fourth-order valence-electron chi connectivity index (χ4n) is 2.03. The summed E-state index contributed by atoms with van der Waals surface area (Å²) in [5.41, 5.74) is 2.11. The van der Waals surface area contributed by atoms with E-state index < -0.39 is 0 Å². The molecule has 0 radical (unpaired) electrons. The Balaban J connectivity index is 2.12. The molecule has 1 aliphatic rings. The molecule has 1 aliphatic carbocycles. The van der Waals surface area contributed by atoms with E-state index in [1.54, 1.807) is 0 Å². The molecule has 1 heterocycles. The number of hydrogen-bond acceptors (Lipinski definition) is 2. The Morgan fingerprint density at radius 2 is 2.08 bits per heavy atom. The van der Waals surface area contributed by atoms with E-state index in [2.05, 4.69) is 11.1 Å². The number of rotatable bonds is 2. The van der Waals surface area contributed by atoms with E-state index in [1.807, 2.05) is 12.3 Å². The van der Waals surface area contributed by atoms with Crippen molar-refractivity contribution in [3.8, 4) is 0 Å². The highest BCUT2D eigenvalue weighted by molar-refractivity contribution is 5.18. The van der Waals surface area contributed by atoms with E-state index in [9.17, 15) is 0 Å². The van der Waals surface area contributed by atoms with Gasteiger partial charge >= 0.3 is 0 Å². The van der Waals surface area contributed by atoms with Crippen LogP contribution in [0.1, 0.15) is 42.9 Å². The van der Waals surface area contributed by atoms with Crippen LogP contribution in [0, 0.1) is 0 Å². The summed E-state index contributed by atoms with van der Waals surface area (Å²) in [6.45, 7) is 0.0466. The number of nitrogens with zero attached hydrogens (tertiary/aromatic N) is 1. The molecule has 13 heavy (non-hydrogen) atoms. The summed E-state index contributed by atoms with van der Waals surface area (Å²) in [7, 11) is 0. The van der Waals surface area contributed by atoms with E-state index in [1.165, 1.54) is 31.2 Å². The van der Waals surface area contributed by atoms with Gasteiger partial charge in [-0.05, 0) is 30.4 Å². The minimum absolute atomic E-state index is 0.0466. The largest absolute Gasteiger partial charge is 0.390 e. The van der Waals surface area contributed by atoms with Gasteiger partial charge in [0.15, 0.2) is 0 Å². The van der Waals surface area contributed by atoms with Gasteiger partial charge < -0.3 is 5.11 Å². The third-order valence-electron chi connectivity index (χ3n) is 2.84. The number of hydrogen-bond donors (Lipinski definition) is 1. The van der Waals surface area contributed by atoms with E-state index in [4.69, 9.17) is 5.11 Å². The Hall–Kier alpha value is -0.890. The molecule has 0 amide bonds. The third kappa shape index (κ3) is 1.89. The summed E-state index contributed by atoms with van der Waals surface area (Å²) in [4.78, 5) is 4.19. The van der Waals surface area contributed by atoms with Gasteiger partial charge in [0, 0.05) is 6.20 Å². The number of aliphatic hydroxyl groups is 1. The van der Waals surface area contributed by atoms with Crippen molar-refractivity contribution >= 4 is 0 Å². The van der Waals surface area contributed by atoms with Crippen molar-refractivity contribution in [1.29, 1.82) is 0 Å². The Bertz CT molecular complexity index is 262. The lowest BCUT2D eigenvalue weighted by Gasteiger charge is -2.08. The fraction of sp³-hybridized carbons (Fsp3) is 0.545. The molecule has 1 fully saturated rings. The van der Waals surface area contributed by atoms with Crippen LogP contribution in [0.5, 0.6) is 0 Å². The van der Waals surface area contributed by atoms with Crippen LogP contribution in [0.2, 0.25) is 0 Å². The number of aliphatic hydroxyl groups excluding tert-OH is 1. The zero-order valence-corrected chi connectivity index (χ0v) is 7.74. The van der Waals surface area contributed by atoms with Gasteiger partial charge in [0.05, 0.1) is 12.3 Å². The monoisotopic (exact) mass is 177 g/mol. The lowest BCUT2D eigenvalue weighted by molar-refractivity contribution is 0.277. The van der Waals surface area contributed by atoms with E-state index >= 15 is 0 Å². The SMILES string of the molecule is OCc1ccc(C2CCCC2)cn1. The first-order valence-corrected chi connectivity index (χ1v) is 4.96. The number of aromatic nitrogens is 1. The Morgan fingerprint density at radius 3 is 2.62 bits per heavy atom. The average molecular weight is 177 g/mol. The van der Waals surface area contributed by atoms with Gasteiger partial charge in [0.2, 0.25) is 0 Å². The van der Waals surface area contributed by atoms with Crippen LogP contribution in [0.3, 0.4) is 0 Å². The molecule has 2 rings (SSSR count). The molecule has 0 unspecified atom stereocenters. The lowest BCUT2D eigenvalue weighted by atomic mass is 9.99. The van der Waals surface area contributed by atoms with Gasteiger partial charge in [0.25, 0.3) is 0 Å². The maximum atomic E-state index is 8.83. The van der Waals surface area contributed by atoms with E-state index in [0.29, 0.717) is 0 Å². The molecule has 0 aliphatic heterocycles. The van der Waals surface area contributed by atoms with Gasteiger partial charge in [-0.1, -0.05) is 18.9 Å². The minimum atomic E-state index is 0.0466. The highest BCUT2D eigenvalue weighted by Crippen LogP contribution is 2.33. The van der Waals surface area contributed by atoms with Crippen molar-refractivity contribution in [2.45, 2.75) is 38.2 Å². The molecule has 0 bridgehead atoms. The first-order valence-electron chi connectivity index (χ1n) is 4.96. The lowest BCUT2D eigenvalue weighted by Crippen LogP contribution is -1.95. The summed E-state index contributed by atoms with van der Waals surface area (Å²) >= 11 is 0. The molecular formula is C11H15NO. The molecule has 1 N–H and O–H groups in total. The molecule has 2 heteroatoms.